The molecule has 0 saturated heterocycles. The average Bonchev–Trinajstić information content (AvgIpc) is 2.76. The number of aromatic nitrogens is 2. The Hall–Kier alpha value is -3.14. The van der Waals surface area contributed by atoms with Crippen LogP contribution in [0.1, 0.15) is 17.7 Å². The van der Waals surface area contributed by atoms with E-state index in [0.717, 1.165) is 0 Å². The first-order chi connectivity index (χ1) is 10.1. The maximum atomic E-state index is 12.3. The Kier molecular flexibility index (Phi) is 4.31. The largest absolute Gasteiger partial charge is 0.295 e. The lowest BCUT2D eigenvalue weighted by Gasteiger charge is -1.99. The van der Waals surface area contributed by atoms with Gasteiger partial charge < -0.3 is 0 Å². The third kappa shape index (κ3) is 3.25. The number of aromatic amines is 1. The molecule has 0 unspecified atom stereocenters. The summed E-state index contributed by atoms with van der Waals surface area (Å²) in [7, 11) is 0. The monoisotopic (exact) mass is 283 g/mol. The summed E-state index contributed by atoms with van der Waals surface area (Å²) in [5.74, 6) is -0.523. The molecule has 1 aromatic heterocycles. The molecule has 7 heteroatoms. The van der Waals surface area contributed by atoms with Crippen LogP contribution in [0.25, 0.3) is 5.69 Å². The number of aryl methyl sites for hydroxylation is 1. The third-order valence-electron chi connectivity index (χ3n) is 2.75. The highest BCUT2D eigenvalue weighted by molar-refractivity contribution is 5.83. The van der Waals surface area contributed by atoms with Gasteiger partial charge in [-0.25, -0.2) is 10.1 Å². The SMILES string of the molecule is Cc1[nH]n(-c2ccccc2)c(=O)c1/C=N\NC(=O)CC#N. The summed E-state index contributed by atoms with van der Waals surface area (Å²) in [5, 5.41) is 15.0. The number of para-hydroxylation sites is 1. The molecule has 0 fully saturated rings. The van der Waals surface area contributed by atoms with Crippen molar-refractivity contribution in [2.24, 2.45) is 5.10 Å². The van der Waals surface area contributed by atoms with Crippen LogP contribution in [-0.2, 0) is 4.79 Å². The second-order valence-corrected chi connectivity index (χ2v) is 4.25. The van der Waals surface area contributed by atoms with Crippen molar-refractivity contribution in [2.75, 3.05) is 0 Å². The number of hydrogen-bond donors (Lipinski definition) is 2. The van der Waals surface area contributed by atoms with Crippen molar-refractivity contribution >= 4 is 12.1 Å². The molecule has 1 heterocycles. The number of hydrogen-bond acceptors (Lipinski definition) is 4. The summed E-state index contributed by atoms with van der Waals surface area (Å²) >= 11 is 0. The average molecular weight is 283 g/mol. The van der Waals surface area contributed by atoms with E-state index in [1.807, 2.05) is 18.2 Å². The van der Waals surface area contributed by atoms with Crippen LogP contribution in [0, 0.1) is 18.3 Å². The number of amides is 1. The van der Waals surface area contributed by atoms with E-state index >= 15 is 0 Å². The second-order valence-electron chi connectivity index (χ2n) is 4.25. The molecule has 0 aliphatic heterocycles. The molecule has 0 aliphatic carbocycles. The van der Waals surface area contributed by atoms with Gasteiger partial charge in [-0.2, -0.15) is 10.4 Å². The van der Waals surface area contributed by atoms with Crippen LogP contribution < -0.4 is 11.0 Å². The van der Waals surface area contributed by atoms with Gasteiger partial charge in [-0.1, -0.05) is 18.2 Å². The van der Waals surface area contributed by atoms with Gasteiger partial charge in [-0.3, -0.25) is 14.7 Å². The smallest absolute Gasteiger partial charge is 0.280 e. The normalized spacial score (nSPS) is 10.5. The predicted octanol–water partition coefficient (Wildman–Crippen LogP) is 0.838. The van der Waals surface area contributed by atoms with E-state index in [9.17, 15) is 9.59 Å². The molecule has 1 amide bonds. The Morgan fingerprint density at radius 2 is 2.19 bits per heavy atom. The van der Waals surface area contributed by atoms with E-state index in [4.69, 9.17) is 5.26 Å². The zero-order valence-electron chi connectivity index (χ0n) is 11.3. The molecule has 2 N–H and O–H groups in total. The molecule has 0 spiro atoms. The van der Waals surface area contributed by atoms with Crippen LogP contribution in [0.4, 0.5) is 0 Å². The summed E-state index contributed by atoms with van der Waals surface area (Å²) in [4.78, 5) is 23.4. The van der Waals surface area contributed by atoms with Gasteiger partial charge in [-0.15, -0.1) is 0 Å². The number of nitrogens with one attached hydrogen (secondary N) is 2. The van der Waals surface area contributed by atoms with Gasteiger partial charge in [0.25, 0.3) is 11.5 Å². The van der Waals surface area contributed by atoms with Crippen LogP contribution in [0.5, 0.6) is 0 Å². The summed E-state index contributed by atoms with van der Waals surface area (Å²) in [5.41, 5.74) is 3.59. The maximum absolute atomic E-state index is 12.3. The molecular weight excluding hydrogens is 270 g/mol. The van der Waals surface area contributed by atoms with E-state index in [1.54, 1.807) is 25.1 Å². The highest BCUT2D eigenvalue weighted by Crippen LogP contribution is 2.05. The topological polar surface area (TPSA) is 103 Å². The Labute approximate surface area is 120 Å². The number of carbonyl (C=O) groups excluding carboxylic acids is 1. The number of nitriles is 1. The first-order valence-electron chi connectivity index (χ1n) is 6.19. The maximum Gasteiger partial charge on any atom is 0.280 e. The second kappa shape index (κ2) is 6.34. The minimum Gasteiger partial charge on any atom is -0.295 e. The van der Waals surface area contributed by atoms with Crippen LogP contribution in [-0.4, -0.2) is 21.9 Å². The van der Waals surface area contributed by atoms with Crippen molar-refractivity contribution in [1.29, 1.82) is 5.26 Å². The summed E-state index contributed by atoms with van der Waals surface area (Å²) in [6.07, 6.45) is 0.987. The number of hydrazone groups is 1. The highest BCUT2D eigenvalue weighted by Gasteiger charge is 2.10. The minimum atomic E-state index is -0.523. The molecular formula is C14H13N5O2. The van der Waals surface area contributed by atoms with E-state index < -0.39 is 5.91 Å². The molecule has 2 rings (SSSR count). The standard InChI is InChI=1S/C14H13N5O2/c1-10-12(9-16-17-13(20)7-8-15)14(21)19(18-10)11-5-3-2-4-6-11/h2-6,9,18H,7H2,1H3,(H,17,20)/b16-9-. The van der Waals surface area contributed by atoms with Crippen molar-refractivity contribution in [3.05, 3.63) is 51.9 Å². The molecule has 106 valence electrons. The first-order valence-corrected chi connectivity index (χ1v) is 6.19. The van der Waals surface area contributed by atoms with Gasteiger partial charge in [0, 0.05) is 5.69 Å². The molecule has 0 radical (unpaired) electrons. The quantitative estimate of drug-likeness (QED) is 0.641. The molecule has 2 aromatic rings. The number of nitrogens with zero attached hydrogens (tertiary/aromatic N) is 3. The van der Waals surface area contributed by atoms with Gasteiger partial charge in [0.15, 0.2) is 0 Å². The number of benzene rings is 1. The van der Waals surface area contributed by atoms with Gasteiger partial charge in [0.2, 0.25) is 0 Å². The van der Waals surface area contributed by atoms with Gasteiger partial charge in [0.05, 0.1) is 23.5 Å². The molecule has 7 nitrogen and oxygen atoms in total. The van der Waals surface area contributed by atoms with Gasteiger partial charge in [-0.05, 0) is 19.1 Å². The van der Waals surface area contributed by atoms with Crippen molar-refractivity contribution < 1.29 is 4.79 Å². The van der Waals surface area contributed by atoms with Crippen molar-refractivity contribution in [2.45, 2.75) is 13.3 Å². The van der Waals surface area contributed by atoms with Gasteiger partial charge in [0.1, 0.15) is 6.42 Å². The molecule has 21 heavy (non-hydrogen) atoms. The molecule has 0 atom stereocenters. The van der Waals surface area contributed by atoms with Crippen LogP contribution >= 0.6 is 0 Å². The molecule has 0 aliphatic rings. The fourth-order valence-electron chi connectivity index (χ4n) is 1.75. The lowest BCUT2D eigenvalue weighted by atomic mass is 10.3. The zero-order valence-corrected chi connectivity index (χ0v) is 11.3. The minimum absolute atomic E-state index is 0.267. The number of rotatable bonds is 4. The Bertz CT molecular complexity index is 765. The predicted molar refractivity (Wildman–Crippen MR) is 77.1 cm³/mol. The fraction of sp³-hybridized carbons (Fsp3) is 0.143. The van der Waals surface area contributed by atoms with E-state index in [1.165, 1.54) is 10.9 Å². The summed E-state index contributed by atoms with van der Waals surface area (Å²) in [6, 6.07) is 10.8. The first kappa shape index (κ1) is 14.3. The lowest BCUT2D eigenvalue weighted by molar-refractivity contribution is -0.120. The summed E-state index contributed by atoms with van der Waals surface area (Å²) in [6.45, 7) is 1.74. The van der Waals surface area contributed by atoms with Crippen molar-refractivity contribution in [3.63, 3.8) is 0 Å². The lowest BCUT2D eigenvalue weighted by Crippen LogP contribution is -2.19. The van der Waals surface area contributed by atoms with Crippen LogP contribution in [0.3, 0.4) is 0 Å². The molecule has 0 saturated carbocycles. The van der Waals surface area contributed by atoms with Crippen LogP contribution in [0.15, 0.2) is 40.2 Å². The summed E-state index contributed by atoms with van der Waals surface area (Å²) < 4.78 is 1.40. The van der Waals surface area contributed by atoms with E-state index in [-0.39, 0.29) is 12.0 Å². The van der Waals surface area contributed by atoms with Crippen molar-refractivity contribution in [3.8, 4) is 11.8 Å². The van der Waals surface area contributed by atoms with Gasteiger partial charge >= 0.3 is 0 Å². The fourth-order valence-corrected chi connectivity index (χ4v) is 1.75. The Morgan fingerprint density at radius 3 is 2.86 bits per heavy atom. The van der Waals surface area contributed by atoms with Crippen molar-refractivity contribution in [1.82, 2.24) is 15.2 Å². The number of carbonyl (C=O) groups is 1. The van der Waals surface area contributed by atoms with E-state index in [0.29, 0.717) is 16.9 Å². The zero-order chi connectivity index (χ0) is 15.2. The highest BCUT2D eigenvalue weighted by atomic mass is 16.2. The Balaban J connectivity index is 2.25. The third-order valence-corrected chi connectivity index (χ3v) is 2.75. The van der Waals surface area contributed by atoms with Crippen LogP contribution in [0.2, 0.25) is 0 Å². The number of H-pyrrole nitrogens is 1. The molecule has 0 bridgehead atoms. The Morgan fingerprint density at radius 1 is 1.48 bits per heavy atom. The molecule has 1 aromatic carbocycles. The van der Waals surface area contributed by atoms with E-state index in [2.05, 4.69) is 15.6 Å².